The van der Waals surface area contributed by atoms with Crippen LogP contribution in [0.5, 0.6) is 0 Å². The fourth-order valence-corrected chi connectivity index (χ4v) is 2.02. The van der Waals surface area contributed by atoms with Gasteiger partial charge >= 0.3 is 5.97 Å². The van der Waals surface area contributed by atoms with Crippen molar-refractivity contribution in [1.29, 1.82) is 0 Å². The van der Waals surface area contributed by atoms with Gasteiger partial charge in [-0.25, -0.2) is 8.78 Å². The second kappa shape index (κ2) is 4.75. The first kappa shape index (κ1) is 11.9. The van der Waals surface area contributed by atoms with E-state index >= 15 is 0 Å². The molecule has 0 spiro atoms. The molecule has 0 saturated carbocycles. The van der Waals surface area contributed by atoms with E-state index in [2.05, 4.69) is 4.98 Å². The van der Waals surface area contributed by atoms with Crippen molar-refractivity contribution in [3.05, 3.63) is 29.6 Å². The average molecular weight is 242 g/mol. The van der Waals surface area contributed by atoms with Crippen LogP contribution in [0.2, 0.25) is 0 Å². The summed E-state index contributed by atoms with van der Waals surface area (Å²) in [5, 5.41) is 8.63. The average Bonchev–Trinajstić information content (AvgIpc) is 2.68. The topological polar surface area (TPSA) is 53.4 Å². The van der Waals surface area contributed by atoms with Gasteiger partial charge in [-0.15, -0.1) is 0 Å². The monoisotopic (exact) mass is 242 g/mol. The summed E-state index contributed by atoms with van der Waals surface area (Å²) in [4.78, 5) is 16.1. The van der Waals surface area contributed by atoms with E-state index in [1.807, 2.05) is 6.07 Å². The minimum absolute atomic E-state index is 0.290. The Bertz CT molecular complexity index is 401. The zero-order chi connectivity index (χ0) is 12.4. The number of aromatic nitrogens is 1. The predicted octanol–water partition coefficient (Wildman–Crippen LogP) is 1.51. The highest BCUT2D eigenvalue weighted by Crippen LogP contribution is 2.26. The van der Waals surface area contributed by atoms with Gasteiger partial charge in [-0.05, 0) is 11.6 Å². The quantitative estimate of drug-likeness (QED) is 0.869. The number of nitrogens with zero attached hydrogens (tertiary/aromatic N) is 2. The second-order valence-electron chi connectivity index (χ2n) is 4.01. The van der Waals surface area contributed by atoms with Crippen molar-refractivity contribution in [2.45, 2.75) is 32.0 Å². The minimum Gasteiger partial charge on any atom is -0.481 e. The van der Waals surface area contributed by atoms with Gasteiger partial charge in [0.2, 0.25) is 0 Å². The van der Waals surface area contributed by atoms with Gasteiger partial charge in [0.1, 0.15) is 0 Å². The number of alkyl halides is 2. The van der Waals surface area contributed by atoms with Crippen molar-refractivity contribution >= 4 is 5.97 Å². The van der Waals surface area contributed by atoms with E-state index in [9.17, 15) is 13.6 Å². The Morgan fingerprint density at radius 1 is 1.53 bits per heavy atom. The van der Waals surface area contributed by atoms with Crippen LogP contribution >= 0.6 is 0 Å². The van der Waals surface area contributed by atoms with Crippen LogP contribution < -0.4 is 0 Å². The van der Waals surface area contributed by atoms with Crippen LogP contribution in [0.4, 0.5) is 8.78 Å². The number of carbonyl (C=O) groups is 1. The number of pyridine rings is 1. The van der Waals surface area contributed by atoms with Crippen LogP contribution in [0.1, 0.15) is 17.7 Å². The summed E-state index contributed by atoms with van der Waals surface area (Å²) in [5.74, 6) is -1.21. The lowest BCUT2D eigenvalue weighted by atomic mass is 10.2. The van der Waals surface area contributed by atoms with E-state index in [0.29, 0.717) is 13.1 Å². The number of rotatable bonds is 4. The summed E-state index contributed by atoms with van der Waals surface area (Å²) < 4.78 is 25.6. The molecule has 1 aliphatic rings. The maximum atomic E-state index is 12.8. The molecule has 1 N–H and O–H groups in total. The van der Waals surface area contributed by atoms with E-state index in [4.69, 9.17) is 5.11 Å². The van der Waals surface area contributed by atoms with E-state index in [1.165, 1.54) is 4.90 Å². The molecule has 2 rings (SSSR count). The molecule has 1 aliphatic heterocycles. The van der Waals surface area contributed by atoms with Crippen molar-refractivity contribution in [3.8, 4) is 0 Å². The highest BCUT2D eigenvalue weighted by Gasteiger charge is 2.33. The molecule has 0 bridgehead atoms. The summed E-state index contributed by atoms with van der Waals surface area (Å²) in [6, 6.07) is 2.32. The lowest BCUT2D eigenvalue weighted by Crippen LogP contribution is -2.38. The van der Waals surface area contributed by atoms with Crippen LogP contribution in [-0.2, 0) is 17.9 Å². The van der Waals surface area contributed by atoms with Crippen molar-refractivity contribution < 1.29 is 18.7 Å². The molecule has 0 saturated heterocycles. The Balaban J connectivity index is 2.11. The number of carboxylic acids is 1. The SMILES string of the molecule is O=C(O)CC(C(F)F)N1Cc2cccnc2C1. The Labute approximate surface area is 96.9 Å². The van der Waals surface area contributed by atoms with Gasteiger partial charge in [0.15, 0.2) is 0 Å². The molecule has 0 fully saturated rings. The van der Waals surface area contributed by atoms with Crippen molar-refractivity contribution in [2.24, 2.45) is 0 Å². The molecule has 6 heteroatoms. The van der Waals surface area contributed by atoms with Gasteiger partial charge in [-0.1, -0.05) is 6.07 Å². The zero-order valence-corrected chi connectivity index (χ0v) is 9.01. The fourth-order valence-electron chi connectivity index (χ4n) is 2.02. The molecule has 0 aliphatic carbocycles. The molecule has 1 aromatic heterocycles. The van der Waals surface area contributed by atoms with Crippen LogP contribution in [-0.4, -0.2) is 33.4 Å². The summed E-state index contributed by atoms with van der Waals surface area (Å²) in [5.41, 5.74) is 1.65. The lowest BCUT2D eigenvalue weighted by molar-refractivity contribution is -0.140. The number of hydrogen-bond donors (Lipinski definition) is 1. The summed E-state index contributed by atoms with van der Waals surface area (Å²) in [7, 11) is 0. The Morgan fingerprint density at radius 3 is 2.88 bits per heavy atom. The smallest absolute Gasteiger partial charge is 0.305 e. The van der Waals surface area contributed by atoms with Gasteiger partial charge < -0.3 is 5.11 Å². The third kappa shape index (κ3) is 2.58. The van der Waals surface area contributed by atoms with E-state index in [1.54, 1.807) is 12.3 Å². The number of aliphatic carboxylic acids is 1. The standard InChI is InChI=1S/C11H12F2N2O2/c12-11(13)9(4-10(16)17)15-5-7-2-1-3-14-8(7)6-15/h1-3,9,11H,4-6H2,(H,16,17). The molecule has 1 unspecified atom stereocenters. The third-order valence-corrected chi connectivity index (χ3v) is 2.85. The van der Waals surface area contributed by atoms with Crippen molar-refractivity contribution in [2.75, 3.05) is 0 Å². The highest BCUT2D eigenvalue weighted by molar-refractivity contribution is 5.67. The Hall–Kier alpha value is -1.56. The first-order valence-corrected chi connectivity index (χ1v) is 5.24. The largest absolute Gasteiger partial charge is 0.481 e. The summed E-state index contributed by atoms with van der Waals surface area (Å²) in [6.07, 6.45) is -1.61. The normalized spacial score (nSPS) is 17.1. The van der Waals surface area contributed by atoms with Crippen molar-refractivity contribution in [3.63, 3.8) is 0 Å². The van der Waals surface area contributed by atoms with E-state index < -0.39 is 24.9 Å². The van der Waals surface area contributed by atoms with Crippen LogP contribution in [0.15, 0.2) is 18.3 Å². The highest BCUT2D eigenvalue weighted by atomic mass is 19.3. The Morgan fingerprint density at radius 2 is 2.29 bits per heavy atom. The zero-order valence-electron chi connectivity index (χ0n) is 9.01. The fraction of sp³-hybridized carbons (Fsp3) is 0.455. The van der Waals surface area contributed by atoms with E-state index in [-0.39, 0.29) is 0 Å². The molecule has 4 nitrogen and oxygen atoms in total. The summed E-state index contributed by atoms with van der Waals surface area (Å²) >= 11 is 0. The summed E-state index contributed by atoms with van der Waals surface area (Å²) in [6.45, 7) is 0.629. The van der Waals surface area contributed by atoms with Gasteiger partial charge in [0.05, 0.1) is 18.2 Å². The first-order chi connectivity index (χ1) is 8.08. The number of halogens is 2. The van der Waals surface area contributed by atoms with E-state index in [0.717, 1.165) is 11.3 Å². The predicted molar refractivity (Wildman–Crippen MR) is 55.5 cm³/mol. The molecule has 92 valence electrons. The number of fused-ring (bicyclic) bond motifs is 1. The molecule has 1 aromatic rings. The van der Waals surface area contributed by atoms with Gasteiger partial charge in [0, 0.05) is 19.3 Å². The van der Waals surface area contributed by atoms with Crippen molar-refractivity contribution in [1.82, 2.24) is 9.88 Å². The maximum Gasteiger partial charge on any atom is 0.305 e. The molecule has 0 amide bonds. The lowest BCUT2D eigenvalue weighted by Gasteiger charge is -2.24. The minimum atomic E-state index is -2.67. The molecule has 17 heavy (non-hydrogen) atoms. The van der Waals surface area contributed by atoms with Gasteiger partial charge in [-0.2, -0.15) is 0 Å². The van der Waals surface area contributed by atoms with Gasteiger partial charge in [-0.3, -0.25) is 14.7 Å². The number of carboxylic acid groups (broad SMARTS) is 1. The third-order valence-electron chi connectivity index (χ3n) is 2.85. The van der Waals surface area contributed by atoms with Crippen LogP contribution in [0.3, 0.4) is 0 Å². The molecular weight excluding hydrogens is 230 g/mol. The van der Waals surface area contributed by atoms with Gasteiger partial charge in [0.25, 0.3) is 6.43 Å². The molecule has 1 atom stereocenters. The molecule has 0 aromatic carbocycles. The van der Waals surface area contributed by atoms with Crippen LogP contribution in [0, 0.1) is 0 Å². The first-order valence-electron chi connectivity index (χ1n) is 5.24. The second-order valence-corrected chi connectivity index (χ2v) is 4.01. The molecule has 2 heterocycles. The number of hydrogen-bond acceptors (Lipinski definition) is 3. The molecule has 0 radical (unpaired) electrons. The molecular formula is C11H12F2N2O2. The Kier molecular flexibility index (Phi) is 3.33. The maximum absolute atomic E-state index is 12.8. The van der Waals surface area contributed by atoms with Crippen LogP contribution in [0.25, 0.3) is 0 Å².